The van der Waals surface area contributed by atoms with Gasteiger partial charge < -0.3 is 25.3 Å². The number of H-pyrrole nitrogens is 2. The maximum Gasteiger partial charge on any atom is 0.345 e. The molecule has 0 saturated carbocycles. The first kappa shape index (κ1) is 25.9. The Morgan fingerprint density at radius 3 is 2.70 bits per heavy atom. The number of aromatic amines is 2. The van der Waals surface area contributed by atoms with E-state index in [9.17, 15) is 9.59 Å². The predicted molar refractivity (Wildman–Crippen MR) is 146 cm³/mol. The van der Waals surface area contributed by atoms with Crippen molar-refractivity contribution in [1.82, 2.24) is 30.4 Å². The second-order valence-electron chi connectivity index (χ2n) is 9.53. The molecule has 2 aromatic carbocycles. The van der Waals surface area contributed by atoms with Crippen LogP contribution in [-0.2, 0) is 4.79 Å². The molecule has 0 radical (unpaired) electrons. The average Bonchev–Trinajstić information content (AvgIpc) is 3.27. The number of fused-ring (bicyclic) bond motifs is 1. The number of ether oxygens (including phenoxy) is 1. The number of hydrogen-bond donors (Lipinski definition) is 4. The topological polar surface area (TPSA) is 128 Å². The summed E-state index contributed by atoms with van der Waals surface area (Å²) in [5.41, 5.74) is 3.16. The van der Waals surface area contributed by atoms with Crippen molar-refractivity contribution in [2.75, 3.05) is 45.7 Å². The number of rotatable bonds is 11. The first-order valence-electron chi connectivity index (χ1n) is 12.3. The van der Waals surface area contributed by atoms with Gasteiger partial charge in [0.25, 0.3) is 0 Å². The zero-order valence-electron chi connectivity index (χ0n) is 21.6. The molecule has 4 N–H and O–H groups in total. The third-order valence-corrected chi connectivity index (χ3v) is 5.55. The van der Waals surface area contributed by atoms with E-state index < -0.39 is 5.69 Å². The Balaban J connectivity index is 1.56. The Labute approximate surface area is 215 Å². The van der Waals surface area contributed by atoms with Crippen molar-refractivity contribution in [3.63, 3.8) is 0 Å². The molecule has 194 valence electrons. The van der Waals surface area contributed by atoms with Gasteiger partial charge in [0.1, 0.15) is 5.75 Å². The molecule has 4 rings (SSSR count). The molecule has 0 saturated heterocycles. The number of carbonyl (C=O) groups excluding carboxylic acids is 1. The fourth-order valence-corrected chi connectivity index (χ4v) is 3.86. The number of aromatic nitrogens is 4. The molecule has 0 atom stereocenters. The highest BCUT2D eigenvalue weighted by molar-refractivity contribution is 5.93. The van der Waals surface area contributed by atoms with E-state index in [0.717, 1.165) is 22.0 Å². The maximum absolute atomic E-state index is 12.5. The average molecular weight is 504 g/mol. The zero-order chi connectivity index (χ0) is 26.4. The predicted octanol–water partition coefficient (Wildman–Crippen LogP) is 3.10. The van der Waals surface area contributed by atoms with E-state index in [0.29, 0.717) is 55.1 Å². The molecule has 0 spiro atoms. The molecule has 0 aliphatic rings. The van der Waals surface area contributed by atoms with Crippen LogP contribution in [0.3, 0.4) is 0 Å². The highest BCUT2D eigenvalue weighted by Gasteiger charge is 2.13. The lowest BCUT2D eigenvalue weighted by Crippen LogP contribution is -2.35. The molecular formula is C27H33N7O3. The van der Waals surface area contributed by atoms with E-state index in [1.807, 2.05) is 67.5 Å². The van der Waals surface area contributed by atoms with Gasteiger partial charge in [-0.15, -0.1) is 0 Å². The third-order valence-electron chi connectivity index (χ3n) is 5.55. The molecule has 0 unspecified atom stereocenters. The molecule has 4 aromatic rings. The maximum atomic E-state index is 12.5. The summed E-state index contributed by atoms with van der Waals surface area (Å²) in [5.74, 6) is 1.71. The SMILES string of the molecule is CC(C)COc1ccccc1-c1cc(-c2ccc3[nH]nc(NCCNC(=O)CN(C)C)c3c2)nc(=O)[nH]1. The van der Waals surface area contributed by atoms with Crippen molar-refractivity contribution in [2.24, 2.45) is 5.92 Å². The molecule has 0 aliphatic heterocycles. The number of amides is 1. The third kappa shape index (κ3) is 6.73. The van der Waals surface area contributed by atoms with Crippen LogP contribution in [0.2, 0.25) is 0 Å². The molecule has 37 heavy (non-hydrogen) atoms. The lowest BCUT2D eigenvalue weighted by molar-refractivity contribution is -0.121. The summed E-state index contributed by atoms with van der Waals surface area (Å²) in [4.78, 5) is 33.2. The number of hydrogen-bond acceptors (Lipinski definition) is 7. The summed E-state index contributed by atoms with van der Waals surface area (Å²) >= 11 is 0. The van der Waals surface area contributed by atoms with Gasteiger partial charge in [-0.05, 0) is 50.3 Å². The largest absolute Gasteiger partial charge is 0.493 e. The number of carbonyl (C=O) groups is 1. The minimum Gasteiger partial charge on any atom is -0.493 e. The minimum absolute atomic E-state index is 0.0340. The van der Waals surface area contributed by atoms with Gasteiger partial charge in [0.2, 0.25) is 5.91 Å². The first-order chi connectivity index (χ1) is 17.8. The summed E-state index contributed by atoms with van der Waals surface area (Å²) in [5, 5.41) is 14.4. The summed E-state index contributed by atoms with van der Waals surface area (Å²) < 4.78 is 5.99. The lowest BCUT2D eigenvalue weighted by atomic mass is 10.1. The van der Waals surface area contributed by atoms with Crippen LogP contribution in [0.15, 0.2) is 53.3 Å². The Kier molecular flexibility index (Phi) is 8.19. The van der Waals surface area contributed by atoms with Gasteiger partial charge in [-0.3, -0.25) is 9.89 Å². The Morgan fingerprint density at radius 1 is 1.11 bits per heavy atom. The van der Waals surface area contributed by atoms with Crippen LogP contribution in [0, 0.1) is 5.92 Å². The molecular weight excluding hydrogens is 470 g/mol. The molecule has 0 fully saturated rings. The molecule has 10 heteroatoms. The fourth-order valence-electron chi connectivity index (χ4n) is 3.86. The van der Waals surface area contributed by atoms with Crippen LogP contribution in [0.25, 0.3) is 33.4 Å². The normalized spacial score (nSPS) is 11.3. The summed E-state index contributed by atoms with van der Waals surface area (Å²) in [7, 11) is 3.70. The van der Waals surface area contributed by atoms with Gasteiger partial charge in [0, 0.05) is 29.6 Å². The standard InChI is InChI=1S/C27H33N7O3/c1-17(2)16-37-24-8-6-5-7-19(24)23-14-22(30-27(36)31-23)18-9-10-21-20(13-18)26(33-32-21)29-12-11-28-25(35)15-34(3)4/h5-10,13-14,17H,11-12,15-16H2,1-4H3,(H,28,35)(H2,29,32,33)(H,30,31,36). The van der Waals surface area contributed by atoms with Gasteiger partial charge in [-0.2, -0.15) is 10.1 Å². The van der Waals surface area contributed by atoms with Gasteiger partial charge >= 0.3 is 5.69 Å². The van der Waals surface area contributed by atoms with Crippen LogP contribution in [0.4, 0.5) is 5.82 Å². The van der Waals surface area contributed by atoms with Crippen LogP contribution >= 0.6 is 0 Å². The molecule has 2 aromatic heterocycles. The molecule has 10 nitrogen and oxygen atoms in total. The van der Waals surface area contributed by atoms with Crippen molar-refractivity contribution < 1.29 is 9.53 Å². The second kappa shape index (κ2) is 11.7. The quantitative estimate of drug-likeness (QED) is 0.232. The number of likely N-dealkylation sites (N-methyl/N-ethyl adjacent to an activating group) is 1. The summed E-state index contributed by atoms with van der Waals surface area (Å²) in [6.07, 6.45) is 0. The van der Waals surface area contributed by atoms with Gasteiger partial charge in [0.05, 0.1) is 30.1 Å². The minimum atomic E-state index is -0.440. The van der Waals surface area contributed by atoms with E-state index in [1.54, 1.807) is 0 Å². The van der Waals surface area contributed by atoms with E-state index in [4.69, 9.17) is 4.74 Å². The second-order valence-corrected chi connectivity index (χ2v) is 9.53. The Bertz CT molecular complexity index is 1430. The number of nitrogens with zero attached hydrogens (tertiary/aromatic N) is 3. The fraction of sp³-hybridized carbons (Fsp3) is 0.333. The molecule has 2 heterocycles. The van der Waals surface area contributed by atoms with E-state index in [1.165, 1.54) is 0 Å². The number of nitrogens with one attached hydrogen (secondary N) is 4. The number of para-hydroxylation sites is 1. The van der Waals surface area contributed by atoms with Crippen molar-refractivity contribution in [1.29, 1.82) is 0 Å². The Hall–Kier alpha value is -4.18. The summed E-state index contributed by atoms with van der Waals surface area (Å²) in [6.45, 7) is 6.08. The van der Waals surface area contributed by atoms with Gasteiger partial charge in [-0.25, -0.2) is 4.79 Å². The van der Waals surface area contributed by atoms with Crippen molar-refractivity contribution in [2.45, 2.75) is 13.8 Å². The lowest BCUT2D eigenvalue weighted by Gasteiger charge is -2.13. The molecule has 1 amide bonds. The van der Waals surface area contributed by atoms with Crippen molar-refractivity contribution >= 4 is 22.6 Å². The zero-order valence-corrected chi connectivity index (χ0v) is 21.6. The van der Waals surface area contributed by atoms with Crippen LogP contribution in [0.1, 0.15) is 13.8 Å². The van der Waals surface area contributed by atoms with Crippen LogP contribution in [0.5, 0.6) is 5.75 Å². The number of benzene rings is 2. The number of anilines is 1. The van der Waals surface area contributed by atoms with E-state index >= 15 is 0 Å². The van der Waals surface area contributed by atoms with Crippen molar-refractivity contribution in [3.05, 3.63) is 59.0 Å². The first-order valence-corrected chi connectivity index (χ1v) is 12.3. The molecule has 0 bridgehead atoms. The smallest absolute Gasteiger partial charge is 0.345 e. The van der Waals surface area contributed by atoms with E-state index in [-0.39, 0.29) is 5.91 Å². The monoisotopic (exact) mass is 503 g/mol. The summed E-state index contributed by atoms with van der Waals surface area (Å²) in [6, 6.07) is 15.2. The van der Waals surface area contributed by atoms with Crippen molar-refractivity contribution in [3.8, 4) is 28.3 Å². The van der Waals surface area contributed by atoms with Gasteiger partial charge in [0.15, 0.2) is 5.82 Å². The molecule has 0 aliphatic carbocycles. The van der Waals surface area contributed by atoms with Crippen LogP contribution < -0.4 is 21.1 Å². The van der Waals surface area contributed by atoms with E-state index in [2.05, 4.69) is 44.6 Å². The van der Waals surface area contributed by atoms with Crippen LogP contribution in [-0.4, -0.2) is 71.3 Å². The highest BCUT2D eigenvalue weighted by Crippen LogP contribution is 2.31. The van der Waals surface area contributed by atoms with Gasteiger partial charge in [-0.1, -0.05) is 32.0 Å². The highest BCUT2D eigenvalue weighted by atomic mass is 16.5. The Morgan fingerprint density at radius 2 is 1.92 bits per heavy atom.